The first kappa shape index (κ1) is 12.5. The Kier molecular flexibility index (Phi) is 4.31. The van der Waals surface area contributed by atoms with Crippen LogP contribution in [0, 0.1) is 13.8 Å². The molecule has 4 nitrogen and oxygen atoms in total. The lowest BCUT2D eigenvalue weighted by Crippen LogP contribution is -2.39. The summed E-state index contributed by atoms with van der Waals surface area (Å²) < 4.78 is 5.39. The number of rotatable bonds is 4. The highest BCUT2D eigenvalue weighted by molar-refractivity contribution is 5.76. The molecule has 1 amide bonds. The summed E-state index contributed by atoms with van der Waals surface area (Å²) in [5.74, 6) is 0.565. The van der Waals surface area contributed by atoms with Gasteiger partial charge in [-0.3, -0.25) is 10.2 Å². The van der Waals surface area contributed by atoms with Gasteiger partial charge in [0.2, 0.25) is 0 Å². The van der Waals surface area contributed by atoms with Crippen molar-refractivity contribution in [3.8, 4) is 5.75 Å². The first-order chi connectivity index (χ1) is 7.47. The topological polar surface area (TPSA) is 41.6 Å². The molecule has 0 spiro atoms. The normalized spacial score (nSPS) is 10.3. The summed E-state index contributed by atoms with van der Waals surface area (Å²) in [6.07, 6.45) is 0. The van der Waals surface area contributed by atoms with Gasteiger partial charge in [0.1, 0.15) is 5.75 Å². The van der Waals surface area contributed by atoms with E-state index in [4.69, 9.17) is 4.74 Å². The maximum absolute atomic E-state index is 11.3. The van der Waals surface area contributed by atoms with E-state index in [-0.39, 0.29) is 12.5 Å². The Morgan fingerprint density at radius 1 is 1.25 bits per heavy atom. The zero-order valence-corrected chi connectivity index (χ0v) is 10.2. The van der Waals surface area contributed by atoms with Crippen LogP contribution >= 0.6 is 0 Å². The van der Waals surface area contributed by atoms with Crippen LogP contribution in [0.4, 0.5) is 0 Å². The van der Waals surface area contributed by atoms with Crippen LogP contribution in [0.5, 0.6) is 5.75 Å². The van der Waals surface area contributed by atoms with Gasteiger partial charge in [0.15, 0.2) is 6.61 Å². The fourth-order valence-electron chi connectivity index (χ4n) is 1.45. The minimum absolute atomic E-state index is 0.0288. The predicted molar refractivity (Wildman–Crippen MR) is 63.2 cm³/mol. The van der Waals surface area contributed by atoms with E-state index >= 15 is 0 Å². The van der Waals surface area contributed by atoms with Gasteiger partial charge in [-0.2, -0.15) is 0 Å². The number of hydrazine groups is 1. The molecule has 0 radical (unpaired) electrons. The van der Waals surface area contributed by atoms with Crippen LogP contribution in [-0.4, -0.2) is 31.6 Å². The molecule has 1 rings (SSSR count). The second-order valence-corrected chi connectivity index (χ2v) is 4.04. The molecule has 0 aliphatic heterocycles. The maximum atomic E-state index is 11.3. The van der Waals surface area contributed by atoms with Crippen molar-refractivity contribution < 1.29 is 9.53 Å². The Balaban J connectivity index is 2.51. The number of hydrogen-bond acceptors (Lipinski definition) is 3. The van der Waals surface area contributed by atoms with Gasteiger partial charge >= 0.3 is 0 Å². The van der Waals surface area contributed by atoms with Crippen LogP contribution in [0.1, 0.15) is 11.1 Å². The van der Waals surface area contributed by atoms with Crippen molar-refractivity contribution in [1.29, 1.82) is 0 Å². The molecule has 0 aliphatic carbocycles. The van der Waals surface area contributed by atoms with E-state index in [1.807, 2.05) is 26.0 Å². The number of carbonyl (C=O) groups excluding carboxylic acids is 1. The zero-order valence-electron chi connectivity index (χ0n) is 10.2. The number of nitrogens with one attached hydrogen (secondary N) is 1. The summed E-state index contributed by atoms with van der Waals surface area (Å²) in [5, 5.41) is 1.59. The SMILES string of the molecule is Cc1cc(C)cc(OCC(=O)NN(C)C)c1. The molecule has 0 unspecified atom stereocenters. The van der Waals surface area contributed by atoms with Gasteiger partial charge in [-0.25, -0.2) is 5.01 Å². The third kappa shape index (κ3) is 4.31. The summed E-state index contributed by atoms with van der Waals surface area (Å²) in [6, 6.07) is 5.89. The lowest BCUT2D eigenvalue weighted by molar-refractivity contribution is -0.126. The Morgan fingerprint density at radius 3 is 2.31 bits per heavy atom. The van der Waals surface area contributed by atoms with Gasteiger partial charge in [-0.1, -0.05) is 6.07 Å². The van der Waals surface area contributed by atoms with E-state index in [0.717, 1.165) is 16.9 Å². The highest BCUT2D eigenvalue weighted by Crippen LogP contribution is 2.15. The van der Waals surface area contributed by atoms with Gasteiger partial charge in [0.25, 0.3) is 5.91 Å². The van der Waals surface area contributed by atoms with Crippen LogP contribution in [0.2, 0.25) is 0 Å². The summed E-state index contributed by atoms with van der Waals surface area (Å²) >= 11 is 0. The molecule has 1 aromatic carbocycles. The van der Waals surface area contributed by atoms with Gasteiger partial charge in [0, 0.05) is 14.1 Å². The van der Waals surface area contributed by atoms with E-state index < -0.39 is 0 Å². The van der Waals surface area contributed by atoms with Gasteiger partial charge in [0.05, 0.1) is 0 Å². The van der Waals surface area contributed by atoms with Crippen molar-refractivity contribution >= 4 is 5.91 Å². The maximum Gasteiger partial charge on any atom is 0.272 e. The molecule has 0 aromatic heterocycles. The molecule has 4 heteroatoms. The number of benzene rings is 1. The van der Waals surface area contributed by atoms with Crippen LogP contribution in [0.15, 0.2) is 18.2 Å². The van der Waals surface area contributed by atoms with Crippen LogP contribution in [0.3, 0.4) is 0 Å². The van der Waals surface area contributed by atoms with E-state index in [1.165, 1.54) is 0 Å². The number of hydrogen-bond donors (Lipinski definition) is 1. The minimum atomic E-state index is -0.163. The highest BCUT2D eigenvalue weighted by Gasteiger charge is 2.03. The fourth-order valence-corrected chi connectivity index (χ4v) is 1.45. The molecule has 0 saturated carbocycles. The molecule has 1 N–H and O–H groups in total. The molecule has 0 saturated heterocycles. The molecule has 0 atom stereocenters. The smallest absolute Gasteiger partial charge is 0.272 e. The standard InChI is InChI=1S/C12H18N2O2/c1-9-5-10(2)7-11(6-9)16-8-12(15)13-14(3)4/h5-7H,8H2,1-4H3,(H,13,15). The number of amides is 1. The first-order valence-corrected chi connectivity index (χ1v) is 5.15. The van der Waals surface area contributed by atoms with E-state index in [9.17, 15) is 4.79 Å². The van der Waals surface area contributed by atoms with E-state index in [0.29, 0.717) is 0 Å². The summed E-state index contributed by atoms with van der Waals surface area (Å²) in [6.45, 7) is 4.03. The predicted octanol–water partition coefficient (Wildman–Crippen LogP) is 1.28. The van der Waals surface area contributed by atoms with Gasteiger partial charge < -0.3 is 4.74 Å². The number of nitrogens with zero attached hydrogens (tertiary/aromatic N) is 1. The molecule has 0 aliphatic rings. The Labute approximate surface area is 96.2 Å². The van der Waals surface area contributed by atoms with Gasteiger partial charge in [-0.15, -0.1) is 0 Å². The number of carbonyl (C=O) groups is 1. The molecule has 16 heavy (non-hydrogen) atoms. The zero-order chi connectivity index (χ0) is 12.1. The summed E-state index contributed by atoms with van der Waals surface area (Å²) in [5.41, 5.74) is 4.87. The monoisotopic (exact) mass is 222 g/mol. The van der Waals surface area contributed by atoms with Gasteiger partial charge in [-0.05, 0) is 37.1 Å². The Morgan fingerprint density at radius 2 is 1.81 bits per heavy atom. The molecule has 1 aromatic rings. The molecular formula is C12H18N2O2. The molecule has 0 fully saturated rings. The molecule has 0 heterocycles. The largest absolute Gasteiger partial charge is 0.484 e. The van der Waals surface area contributed by atoms with Crippen molar-refractivity contribution in [2.24, 2.45) is 0 Å². The van der Waals surface area contributed by atoms with E-state index in [1.54, 1.807) is 19.1 Å². The quantitative estimate of drug-likeness (QED) is 0.780. The number of aryl methyl sites for hydroxylation is 2. The van der Waals surface area contributed by atoms with E-state index in [2.05, 4.69) is 11.5 Å². The Bertz CT molecular complexity index is 355. The van der Waals surface area contributed by atoms with Crippen LogP contribution < -0.4 is 10.2 Å². The second-order valence-electron chi connectivity index (χ2n) is 4.04. The molecule has 88 valence electrons. The third-order valence-corrected chi connectivity index (χ3v) is 1.91. The molecular weight excluding hydrogens is 204 g/mol. The summed E-state index contributed by atoms with van der Waals surface area (Å²) in [4.78, 5) is 11.3. The van der Waals surface area contributed by atoms with Crippen LogP contribution in [0.25, 0.3) is 0 Å². The highest BCUT2D eigenvalue weighted by atomic mass is 16.5. The summed E-state index contributed by atoms with van der Waals surface area (Å²) in [7, 11) is 3.52. The lowest BCUT2D eigenvalue weighted by atomic mass is 10.1. The van der Waals surface area contributed by atoms with Crippen LogP contribution in [-0.2, 0) is 4.79 Å². The Hall–Kier alpha value is -1.55. The van der Waals surface area contributed by atoms with Crippen molar-refractivity contribution in [1.82, 2.24) is 10.4 Å². The second kappa shape index (κ2) is 5.51. The van der Waals surface area contributed by atoms with Crippen molar-refractivity contribution in [2.45, 2.75) is 13.8 Å². The van der Waals surface area contributed by atoms with Crippen molar-refractivity contribution in [2.75, 3.05) is 20.7 Å². The lowest BCUT2D eigenvalue weighted by Gasteiger charge is -2.12. The molecule has 0 bridgehead atoms. The minimum Gasteiger partial charge on any atom is -0.484 e. The first-order valence-electron chi connectivity index (χ1n) is 5.15. The van der Waals surface area contributed by atoms with Crippen molar-refractivity contribution in [3.05, 3.63) is 29.3 Å². The average molecular weight is 222 g/mol. The third-order valence-electron chi connectivity index (χ3n) is 1.91. The number of ether oxygens (including phenoxy) is 1. The van der Waals surface area contributed by atoms with Crippen molar-refractivity contribution in [3.63, 3.8) is 0 Å². The fraction of sp³-hybridized carbons (Fsp3) is 0.417. The average Bonchev–Trinajstić information content (AvgIpc) is 2.12.